The van der Waals surface area contributed by atoms with E-state index in [1.807, 2.05) is 4.90 Å². The highest BCUT2D eigenvalue weighted by molar-refractivity contribution is 7.90. The second kappa shape index (κ2) is 8.76. The lowest BCUT2D eigenvalue weighted by Crippen LogP contribution is -2.45. The number of nitrogens with zero attached hydrogens (tertiary/aromatic N) is 5. The highest BCUT2D eigenvalue weighted by Gasteiger charge is 2.33. The average molecular weight is 438 g/mol. The van der Waals surface area contributed by atoms with Crippen LogP contribution in [-0.4, -0.2) is 99.4 Å². The molecule has 3 aliphatic heterocycles. The molecule has 0 N–H and O–H groups in total. The van der Waals surface area contributed by atoms with Crippen LogP contribution in [0.4, 0.5) is 5.95 Å². The maximum atomic E-state index is 12.6. The Morgan fingerprint density at radius 1 is 1.10 bits per heavy atom. The molecule has 4 heterocycles. The topological polar surface area (TPSA) is 95.9 Å². The van der Waals surface area contributed by atoms with Crippen LogP contribution in [0.1, 0.15) is 37.3 Å². The predicted molar refractivity (Wildman–Crippen MR) is 112 cm³/mol. The Morgan fingerprint density at radius 3 is 2.40 bits per heavy atom. The van der Waals surface area contributed by atoms with Crippen LogP contribution in [0.3, 0.4) is 0 Å². The van der Waals surface area contributed by atoms with E-state index >= 15 is 0 Å². The summed E-state index contributed by atoms with van der Waals surface area (Å²) in [5.74, 6) is 0.663. The third-order valence-electron chi connectivity index (χ3n) is 6.35. The van der Waals surface area contributed by atoms with Crippen LogP contribution in [0.2, 0.25) is 0 Å². The van der Waals surface area contributed by atoms with Gasteiger partial charge in [-0.3, -0.25) is 4.79 Å². The van der Waals surface area contributed by atoms with E-state index in [0.29, 0.717) is 44.2 Å². The summed E-state index contributed by atoms with van der Waals surface area (Å²) < 4.78 is 30.3. The summed E-state index contributed by atoms with van der Waals surface area (Å²) in [4.78, 5) is 28.2. The van der Waals surface area contributed by atoms with Gasteiger partial charge < -0.3 is 19.4 Å². The average Bonchev–Trinajstić information content (AvgIpc) is 3.28. The summed E-state index contributed by atoms with van der Waals surface area (Å²) in [5.41, 5.74) is 0.602. The predicted octanol–water partition coefficient (Wildman–Crippen LogP) is 0.517. The standard InChI is InChI=1S/C20H31N5O4S/c1-23-9-11-25(12-10-23)20-21-14-17(30(2,27)28)18(22-20)15-5-7-24(8-6-15)19(26)16-4-3-13-29-16/h14-16H,3-13H2,1-2H3. The minimum atomic E-state index is -3.43. The lowest BCUT2D eigenvalue weighted by Gasteiger charge is -2.35. The normalized spacial score (nSPS) is 24.4. The molecule has 3 fully saturated rings. The first-order valence-electron chi connectivity index (χ1n) is 10.7. The first kappa shape index (κ1) is 21.5. The van der Waals surface area contributed by atoms with Gasteiger partial charge in [0.05, 0.1) is 11.9 Å². The summed E-state index contributed by atoms with van der Waals surface area (Å²) in [6, 6.07) is 0. The SMILES string of the molecule is CN1CCN(c2ncc(S(C)(=O)=O)c(C3CCN(C(=O)C4CCCO4)CC3)n2)CC1. The zero-order valence-electron chi connectivity index (χ0n) is 17.8. The number of likely N-dealkylation sites (N-methyl/N-ethyl adjacent to an activating group) is 1. The Balaban J connectivity index is 1.52. The maximum absolute atomic E-state index is 12.6. The van der Waals surface area contributed by atoms with E-state index in [9.17, 15) is 13.2 Å². The molecule has 1 atom stereocenters. The van der Waals surface area contributed by atoms with Crippen molar-refractivity contribution in [1.82, 2.24) is 19.8 Å². The molecule has 4 rings (SSSR count). The Morgan fingerprint density at radius 2 is 1.80 bits per heavy atom. The summed E-state index contributed by atoms with van der Waals surface area (Å²) in [7, 11) is -1.35. The number of hydrogen-bond acceptors (Lipinski definition) is 8. The van der Waals surface area contributed by atoms with Crippen molar-refractivity contribution in [2.45, 2.75) is 42.6 Å². The number of aromatic nitrogens is 2. The van der Waals surface area contributed by atoms with E-state index in [0.717, 1.165) is 39.0 Å². The number of carbonyl (C=O) groups is 1. The fraction of sp³-hybridized carbons (Fsp3) is 0.750. The number of rotatable bonds is 4. The van der Waals surface area contributed by atoms with Crippen molar-refractivity contribution in [1.29, 1.82) is 0 Å². The lowest BCUT2D eigenvalue weighted by molar-refractivity contribution is -0.142. The molecule has 3 aliphatic rings. The molecule has 30 heavy (non-hydrogen) atoms. The number of hydrogen-bond donors (Lipinski definition) is 0. The molecule has 3 saturated heterocycles. The van der Waals surface area contributed by atoms with E-state index in [4.69, 9.17) is 9.72 Å². The number of piperidine rings is 1. The minimum Gasteiger partial charge on any atom is -0.368 e. The molecule has 166 valence electrons. The summed E-state index contributed by atoms with van der Waals surface area (Å²) in [6.45, 7) is 5.35. The van der Waals surface area contributed by atoms with Gasteiger partial charge in [-0.15, -0.1) is 0 Å². The zero-order valence-corrected chi connectivity index (χ0v) is 18.6. The highest BCUT2D eigenvalue weighted by Crippen LogP contribution is 2.32. The van der Waals surface area contributed by atoms with E-state index in [1.165, 1.54) is 12.5 Å². The van der Waals surface area contributed by atoms with Gasteiger partial charge in [0.25, 0.3) is 5.91 Å². The molecule has 0 aliphatic carbocycles. The zero-order chi connectivity index (χ0) is 21.3. The van der Waals surface area contributed by atoms with Crippen LogP contribution in [0.15, 0.2) is 11.1 Å². The number of sulfone groups is 1. The molecule has 9 nitrogen and oxygen atoms in total. The molecule has 1 aromatic heterocycles. The number of anilines is 1. The third-order valence-corrected chi connectivity index (χ3v) is 7.47. The molecule has 1 aromatic rings. The van der Waals surface area contributed by atoms with E-state index in [2.05, 4.69) is 21.8 Å². The Labute approximate surface area is 178 Å². The molecule has 10 heteroatoms. The van der Waals surface area contributed by atoms with Crippen molar-refractivity contribution in [3.8, 4) is 0 Å². The summed E-state index contributed by atoms with van der Waals surface area (Å²) in [5, 5.41) is 0. The third kappa shape index (κ3) is 4.60. The van der Waals surface area contributed by atoms with Gasteiger partial charge >= 0.3 is 0 Å². The first-order chi connectivity index (χ1) is 14.3. The molecule has 1 unspecified atom stereocenters. The minimum absolute atomic E-state index is 0.00233. The van der Waals surface area contributed by atoms with Crippen molar-refractivity contribution >= 4 is 21.7 Å². The van der Waals surface area contributed by atoms with Crippen molar-refractivity contribution in [3.63, 3.8) is 0 Å². The van der Waals surface area contributed by atoms with Crippen LogP contribution in [0.5, 0.6) is 0 Å². The molecular formula is C20H31N5O4S. The molecular weight excluding hydrogens is 406 g/mol. The lowest BCUT2D eigenvalue weighted by atomic mass is 9.93. The van der Waals surface area contributed by atoms with Crippen LogP contribution >= 0.6 is 0 Å². The van der Waals surface area contributed by atoms with Gasteiger partial charge in [-0.05, 0) is 32.7 Å². The van der Waals surface area contributed by atoms with Gasteiger partial charge in [0.15, 0.2) is 9.84 Å². The Bertz CT molecular complexity index is 871. The fourth-order valence-electron chi connectivity index (χ4n) is 4.46. The van der Waals surface area contributed by atoms with Crippen LogP contribution in [0, 0.1) is 0 Å². The van der Waals surface area contributed by atoms with Crippen molar-refractivity contribution in [2.24, 2.45) is 0 Å². The van der Waals surface area contributed by atoms with Gasteiger partial charge in [-0.1, -0.05) is 0 Å². The van der Waals surface area contributed by atoms with Gasteiger partial charge in [0.2, 0.25) is 5.95 Å². The summed E-state index contributed by atoms with van der Waals surface area (Å²) >= 11 is 0. The van der Waals surface area contributed by atoms with Crippen LogP contribution in [-0.2, 0) is 19.4 Å². The van der Waals surface area contributed by atoms with E-state index in [1.54, 1.807) is 0 Å². The summed E-state index contributed by atoms with van der Waals surface area (Å²) in [6.07, 6.45) is 5.48. The molecule has 0 bridgehead atoms. The van der Waals surface area contributed by atoms with Crippen molar-refractivity contribution in [2.75, 3.05) is 64.1 Å². The van der Waals surface area contributed by atoms with Crippen LogP contribution in [0.25, 0.3) is 0 Å². The number of ether oxygens (including phenoxy) is 1. The fourth-order valence-corrected chi connectivity index (χ4v) is 5.30. The van der Waals surface area contributed by atoms with E-state index < -0.39 is 9.84 Å². The smallest absolute Gasteiger partial charge is 0.251 e. The van der Waals surface area contributed by atoms with Crippen LogP contribution < -0.4 is 4.90 Å². The first-order valence-corrected chi connectivity index (χ1v) is 12.6. The second-order valence-electron chi connectivity index (χ2n) is 8.58. The number of piperazine rings is 1. The van der Waals surface area contributed by atoms with Crippen molar-refractivity contribution < 1.29 is 17.9 Å². The van der Waals surface area contributed by atoms with Gasteiger partial charge in [0, 0.05) is 58.0 Å². The molecule has 0 spiro atoms. The monoisotopic (exact) mass is 437 g/mol. The molecule has 1 amide bonds. The largest absolute Gasteiger partial charge is 0.368 e. The van der Waals surface area contributed by atoms with Crippen molar-refractivity contribution in [3.05, 3.63) is 11.9 Å². The van der Waals surface area contributed by atoms with Gasteiger partial charge in [0.1, 0.15) is 11.0 Å². The number of likely N-dealkylation sites (tertiary alicyclic amines) is 1. The quantitative estimate of drug-likeness (QED) is 0.673. The van der Waals surface area contributed by atoms with E-state index in [-0.39, 0.29) is 22.8 Å². The molecule has 0 aromatic carbocycles. The van der Waals surface area contributed by atoms with Gasteiger partial charge in [-0.25, -0.2) is 18.4 Å². The molecule has 0 radical (unpaired) electrons. The second-order valence-corrected chi connectivity index (χ2v) is 10.6. The number of amides is 1. The highest BCUT2D eigenvalue weighted by atomic mass is 32.2. The maximum Gasteiger partial charge on any atom is 0.251 e. The van der Waals surface area contributed by atoms with Gasteiger partial charge in [-0.2, -0.15) is 0 Å². The Hall–Kier alpha value is -1.78. The molecule has 0 saturated carbocycles. The number of carbonyl (C=O) groups excluding carboxylic acids is 1. The Kier molecular flexibility index (Phi) is 6.26.